The third kappa shape index (κ3) is 3.01. The number of piperidine rings is 1. The summed E-state index contributed by atoms with van der Waals surface area (Å²) in [6, 6.07) is 8.39. The second kappa shape index (κ2) is 5.64. The minimum atomic E-state index is 0.709. The minimum Gasteiger partial charge on any atom is -0.308 e. The smallest absolute Gasteiger partial charge is 0.0249 e. The Kier molecular flexibility index (Phi) is 3.90. The first-order chi connectivity index (χ1) is 9.22. The van der Waals surface area contributed by atoms with Gasteiger partial charge in [0, 0.05) is 25.2 Å². The number of nitrogens with zero attached hydrogens (tertiary/aromatic N) is 1. The first-order valence-electron chi connectivity index (χ1n) is 7.77. The van der Waals surface area contributed by atoms with E-state index < -0.39 is 0 Å². The Bertz CT molecular complexity index is 421. The predicted octanol–water partition coefficient (Wildman–Crippen LogP) is 3.02. The van der Waals surface area contributed by atoms with Crippen molar-refractivity contribution < 1.29 is 0 Å². The van der Waals surface area contributed by atoms with E-state index in [9.17, 15) is 0 Å². The van der Waals surface area contributed by atoms with Crippen LogP contribution in [-0.2, 0) is 6.54 Å². The molecule has 2 aliphatic heterocycles. The van der Waals surface area contributed by atoms with Crippen LogP contribution in [0.25, 0.3) is 0 Å². The van der Waals surface area contributed by atoms with Gasteiger partial charge in [-0.3, -0.25) is 4.90 Å². The van der Waals surface area contributed by atoms with Crippen molar-refractivity contribution in [2.75, 3.05) is 13.1 Å². The topological polar surface area (TPSA) is 15.3 Å². The fourth-order valence-electron chi connectivity index (χ4n) is 3.91. The number of fused-ring (bicyclic) bond motifs is 1. The molecule has 0 amide bonds. The molecule has 1 aromatic rings. The molecule has 2 heterocycles. The Morgan fingerprint density at radius 2 is 1.84 bits per heavy atom. The second-order valence-corrected chi connectivity index (χ2v) is 6.37. The van der Waals surface area contributed by atoms with Crippen molar-refractivity contribution in [2.45, 2.75) is 58.2 Å². The van der Waals surface area contributed by atoms with E-state index in [1.54, 1.807) is 0 Å². The zero-order valence-corrected chi connectivity index (χ0v) is 12.3. The molecule has 3 rings (SSSR count). The Morgan fingerprint density at radius 1 is 1.05 bits per heavy atom. The van der Waals surface area contributed by atoms with Crippen LogP contribution in [0.4, 0.5) is 0 Å². The van der Waals surface area contributed by atoms with Crippen LogP contribution >= 0.6 is 0 Å². The molecule has 0 aromatic heterocycles. The SMILES string of the molecule is Cc1cc(C)cc(CNC2CCN3CCCCC23)c1. The van der Waals surface area contributed by atoms with E-state index in [0.29, 0.717) is 6.04 Å². The highest BCUT2D eigenvalue weighted by molar-refractivity contribution is 5.28. The molecule has 2 aliphatic rings. The Hall–Kier alpha value is -0.860. The Balaban J connectivity index is 1.60. The quantitative estimate of drug-likeness (QED) is 0.896. The molecule has 1 N–H and O–H groups in total. The number of hydrogen-bond acceptors (Lipinski definition) is 2. The fourth-order valence-corrected chi connectivity index (χ4v) is 3.91. The number of benzene rings is 1. The fraction of sp³-hybridized carbons (Fsp3) is 0.647. The highest BCUT2D eigenvalue weighted by Crippen LogP contribution is 2.27. The summed E-state index contributed by atoms with van der Waals surface area (Å²) in [7, 11) is 0. The molecule has 0 aliphatic carbocycles. The third-order valence-corrected chi connectivity index (χ3v) is 4.71. The van der Waals surface area contributed by atoms with Gasteiger partial charge in [0.2, 0.25) is 0 Å². The van der Waals surface area contributed by atoms with Gasteiger partial charge < -0.3 is 5.32 Å². The summed E-state index contributed by atoms with van der Waals surface area (Å²) < 4.78 is 0. The van der Waals surface area contributed by atoms with Crippen molar-refractivity contribution in [1.82, 2.24) is 10.2 Å². The molecule has 2 nitrogen and oxygen atoms in total. The van der Waals surface area contributed by atoms with Crippen LogP contribution in [0.1, 0.15) is 42.4 Å². The predicted molar refractivity (Wildman–Crippen MR) is 80.4 cm³/mol. The van der Waals surface area contributed by atoms with E-state index >= 15 is 0 Å². The molecule has 2 heteroatoms. The van der Waals surface area contributed by atoms with Gasteiger partial charge in [0.05, 0.1) is 0 Å². The van der Waals surface area contributed by atoms with E-state index in [1.165, 1.54) is 55.5 Å². The molecule has 2 saturated heterocycles. The van der Waals surface area contributed by atoms with Crippen molar-refractivity contribution in [3.8, 4) is 0 Å². The van der Waals surface area contributed by atoms with Crippen molar-refractivity contribution in [3.63, 3.8) is 0 Å². The van der Waals surface area contributed by atoms with Gasteiger partial charge >= 0.3 is 0 Å². The largest absolute Gasteiger partial charge is 0.308 e. The van der Waals surface area contributed by atoms with Gasteiger partial charge in [-0.25, -0.2) is 0 Å². The summed E-state index contributed by atoms with van der Waals surface area (Å²) in [5.41, 5.74) is 4.19. The maximum atomic E-state index is 3.81. The maximum Gasteiger partial charge on any atom is 0.0249 e. The van der Waals surface area contributed by atoms with Gasteiger partial charge in [-0.2, -0.15) is 0 Å². The van der Waals surface area contributed by atoms with Crippen molar-refractivity contribution >= 4 is 0 Å². The highest BCUT2D eigenvalue weighted by Gasteiger charge is 2.34. The Morgan fingerprint density at radius 3 is 2.63 bits per heavy atom. The average molecular weight is 258 g/mol. The van der Waals surface area contributed by atoms with Crippen LogP contribution < -0.4 is 5.32 Å². The van der Waals surface area contributed by atoms with E-state index in [-0.39, 0.29) is 0 Å². The van der Waals surface area contributed by atoms with Gasteiger partial charge in [-0.05, 0) is 45.2 Å². The maximum absolute atomic E-state index is 3.81. The zero-order chi connectivity index (χ0) is 13.2. The van der Waals surface area contributed by atoms with Crippen LogP contribution in [0.2, 0.25) is 0 Å². The van der Waals surface area contributed by atoms with Crippen molar-refractivity contribution in [3.05, 3.63) is 34.9 Å². The molecule has 19 heavy (non-hydrogen) atoms. The zero-order valence-electron chi connectivity index (χ0n) is 12.3. The lowest BCUT2D eigenvalue weighted by Gasteiger charge is -2.32. The molecule has 0 saturated carbocycles. The first kappa shape index (κ1) is 13.1. The average Bonchev–Trinajstić information content (AvgIpc) is 2.78. The van der Waals surface area contributed by atoms with E-state index in [4.69, 9.17) is 0 Å². The molecule has 104 valence electrons. The molecular formula is C17H26N2. The summed E-state index contributed by atoms with van der Waals surface area (Å²) in [6.45, 7) is 8.03. The van der Waals surface area contributed by atoms with Crippen LogP contribution in [0, 0.1) is 13.8 Å². The summed E-state index contributed by atoms with van der Waals surface area (Å²) in [5.74, 6) is 0. The summed E-state index contributed by atoms with van der Waals surface area (Å²) >= 11 is 0. The normalized spacial score (nSPS) is 27.5. The first-order valence-corrected chi connectivity index (χ1v) is 7.77. The highest BCUT2D eigenvalue weighted by atomic mass is 15.2. The number of rotatable bonds is 3. The van der Waals surface area contributed by atoms with E-state index in [2.05, 4.69) is 42.3 Å². The molecule has 2 atom stereocenters. The molecule has 2 unspecified atom stereocenters. The van der Waals surface area contributed by atoms with E-state index in [1.807, 2.05) is 0 Å². The van der Waals surface area contributed by atoms with Gasteiger partial charge in [-0.1, -0.05) is 35.7 Å². The van der Waals surface area contributed by atoms with Crippen LogP contribution in [0.5, 0.6) is 0 Å². The lowest BCUT2D eigenvalue weighted by Crippen LogP contribution is -2.44. The van der Waals surface area contributed by atoms with Gasteiger partial charge in [0.25, 0.3) is 0 Å². The third-order valence-electron chi connectivity index (χ3n) is 4.71. The van der Waals surface area contributed by atoms with Gasteiger partial charge in [0.1, 0.15) is 0 Å². The lowest BCUT2D eigenvalue weighted by atomic mass is 9.98. The summed E-state index contributed by atoms with van der Waals surface area (Å²) in [6.07, 6.45) is 5.54. The monoisotopic (exact) mass is 258 g/mol. The molecule has 0 spiro atoms. The minimum absolute atomic E-state index is 0.709. The van der Waals surface area contributed by atoms with Crippen LogP contribution in [0.3, 0.4) is 0 Å². The molecule has 0 radical (unpaired) electrons. The number of nitrogens with one attached hydrogen (secondary N) is 1. The summed E-state index contributed by atoms with van der Waals surface area (Å²) in [4.78, 5) is 2.70. The summed E-state index contributed by atoms with van der Waals surface area (Å²) in [5, 5.41) is 3.81. The molecular weight excluding hydrogens is 232 g/mol. The van der Waals surface area contributed by atoms with E-state index in [0.717, 1.165) is 12.6 Å². The van der Waals surface area contributed by atoms with Gasteiger partial charge in [-0.15, -0.1) is 0 Å². The van der Waals surface area contributed by atoms with Gasteiger partial charge in [0.15, 0.2) is 0 Å². The van der Waals surface area contributed by atoms with Crippen LogP contribution in [0.15, 0.2) is 18.2 Å². The van der Waals surface area contributed by atoms with Crippen molar-refractivity contribution in [1.29, 1.82) is 0 Å². The number of aryl methyl sites for hydroxylation is 2. The lowest BCUT2D eigenvalue weighted by molar-refractivity contribution is 0.180. The van der Waals surface area contributed by atoms with Crippen LogP contribution in [-0.4, -0.2) is 30.1 Å². The van der Waals surface area contributed by atoms with Crippen molar-refractivity contribution in [2.24, 2.45) is 0 Å². The Labute approximate surface area is 117 Å². The number of hydrogen-bond donors (Lipinski definition) is 1. The molecule has 1 aromatic carbocycles. The second-order valence-electron chi connectivity index (χ2n) is 6.37. The standard InChI is InChI=1S/C17H26N2/c1-13-9-14(2)11-15(10-13)12-18-16-6-8-19-7-4-3-5-17(16)19/h9-11,16-18H,3-8,12H2,1-2H3. The molecule has 0 bridgehead atoms. The molecule has 2 fully saturated rings.